The highest BCUT2D eigenvalue weighted by molar-refractivity contribution is 5.58. The summed E-state index contributed by atoms with van der Waals surface area (Å²) in [7, 11) is 0. The van der Waals surface area contributed by atoms with Gasteiger partial charge in [0.15, 0.2) is 11.5 Å². The van der Waals surface area contributed by atoms with Crippen LogP contribution in [-0.2, 0) is 0 Å². The van der Waals surface area contributed by atoms with Crippen molar-refractivity contribution >= 4 is 5.69 Å². The predicted molar refractivity (Wildman–Crippen MR) is 78.7 cm³/mol. The fraction of sp³-hybridized carbons (Fsp3) is 0.571. The number of aliphatic hydroxyl groups excluding tert-OH is 1. The molecule has 0 saturated heterocycles. The van der Waals surface area contributed by atoms with Crippen LogP contribution in [0.2, 0.25) is 0 Å². The zero-order valence-electron chi connectivity index (χ0n) is 12.6. The number of nitrogens with one attached hydrogen (secondary N) is 1. The summed E-state index contributed by atoms with van der Waals surface area (Å²) in [5.74, 6) is 0.818. The minimum Gasteiger partial charge on any atom is -0.487 e. The summed E-state index contributed by atoms with van der Waals surface area (Å²) in [6.07, 6.45) is -0.734. The number of nitro benzene ring substituents is 1. The number of nitro groups is 1. The second-order valence-electron chi connectivity index (χ2n) is 5.25. The van der Waals surface area contributed by atoms with Crippen molar-refractivity contribution in [1.29, 1.82) is 0 Å². The van der Waals surface area contributed by atoms with Crippen LogP contribution in [0.1, 0.15) is 13.8 Å². The number of aliphatic hydroxyl groups is 1. The van der Waals surface area contributed by atoms with Crippen LogP contribution in [0.25, 0.3) is 0 Å². The van der Waals surface area contributed by atoms with Crippen molar-refractivity contribution in [2.24, 2.45) is 0 Å². The molecule has 0 fully saturated rings. The van der Waals surface area contributed by atoms with Crippen LogP contribution in [-0.4, -0.2) is 48.5 Å². The first-order valence-electron chi connectivity index (χ1n) is 7.09. The van der Waals surface area contributed by atoms with E-state index in [-0.39, 0.29) is 29.8 Å². The van der Waals surface area contributed by atoms with Gasteiger partial charge in [0.2, 0.25) is 5.75 Å². The summed E-state index contributed by atoms with van der Waals surface area (Å²) in [5, 5.41) is 23.9. The minimum atomic E-state index is -0.734. The molecule has 1 aliphatic rings. The molecule has 0 amide bonds. The first-order valence-corrected chi connectivity index (χ1v) is 7.09. The molecule has 8 heteroatoms. The number of fused-ring (bicyclic) bond motifs is 1. The summed E-state index contributed by atoms with van der Waals surface area (Å²) in [4.78, 5) is 10.4. The first kappa shape index (κ1) is 16.3. The summed E-state index contributed by atoms with van der Waals surface area (Å²) in [6.45, 7) is 4.97. The Morgan fingerprint density at radius 1 is 1.41 bits per heavy atom. The largest absolute Gasteiger partial charge is 0.487 e. The number of rotatable bonds is 7. The van der Waals surface area contributed by atoms with Gasteiger partial charge in [-0.1, -0.05) is 13.8 Å². The van der Waals surface area contributed by atoms with Gasteiger partial charge in [-0.2, -0.15) is 0 Å². The highest BCUT2D eigenvalue weighted by atomic mass is 16.6. The maximum absolute atomic E-state index is 10.9. The van der Waals surface area contributed by atoms with E-state index in [2.05, 4.69) is 5.32 Å². The minimum absolute atomic E-state index is 0.00329. The second-order valence-corrected chi connectivity index (χ2v) is 5.25. The molecule has 122 valence electrons. The van der Waals surface area contributed by atoms with E-state index in [1.54, 1.807) is 0 Å². The highest BCUT2D eigenvalue weighted by Gasteiger charge is 2.23. The molecule has 1 atom stereocenters. The van der Waals surface area contributed by atoms with Crippen LogP contribution < -0.4 is 19.5 Å². The normalized spacial score (nSPS) is 14.7. The van der Waals surface area contributed by atoms with Crippen molar-refractivity contribution in [3.05, 3.63) is 22.2 Å². The van der Waals surface area contributed by atoms with Crippen LogP contribution in [0.4, 0.5) is 5.69 Å². The van der Waals surface area contributed by atoms with Gasteiger partial charge >= 0.3 is 0 Å². The Bertz CT molecular complexity index is 534. The van der Waals surface area contributed by atoms with Gasteiger partial charge in [-0.25, -0.2) is 0 Å². The molecule has 0 radical (unpaired) electrons. The lowest BCUT2D eigenvalue weighted by Gasteiger charge is -2.21. The lowest BCUT2D eigenvalue weighted by Crippen LogP contribution is -2.35. The first-order chi connectivity index (χ1) is 10.5. The molecule has 1 aliphatic heterocycles. The summed E-state index contributed by atoms with van der Waals surface area (Å²) >= 11 is 0. The van der Waals surface area contributed by atoms with E-state index in [1.165, 1.54) is 12.1 Å². The Labute approximate surface area is 128 Å². The van der Waals surface area contributed by atoms with E-state index in [4.69, 9.17) is 14.2 Å². The smallest absolute Gasteiger partial charge is 0.277 e. The molecule has 0 unspecified atom stereocenters. The average Bonchev–Trinajstić information content (AvgIpc) is 2.50. The van der Waals surface area contributed by atoms with Gasteiger partial charge in [-0.05, 0) is 0 Å². The zero-order chi connectivity index (χ0) is 16.1. The molecule has 1 heterocycles. The summed E-state index contributed by atoms with van der Waals surface area (Å²) in [5.41, 5.74) is -0.144. The molecular weight excluding hydrogens is 292 g/mol. The van der Waals surface area contributed by atoms with E-state index in [1.807, 2.05) is 13.8 Å². The maximum atomic E-state index is 10.9. The average molecular weight is 312 g/mol. The third kappa shape index (κ3) is 4.22. The molecule has 1 aromatic carbocycles. The quantitative estimate of drug-likeness (QED) is 0.574. The number of non-ortho nitro benzene ring substituents is 1. The number of nitrogens with zero attached hydrogens (tertiary/aromatic N) is 1. The van der Waals surface area contributed by atoms with Crippen LogP contribution in [0.5, 0.6) is 17.2 Å². The van der Waals surface area contributed by atoms with Crippen molar-refractivity contribution in [2.45, 2.75) is 26.0 Å². The Morgan fingerprint density at radius 2 is 2.14 bits per heavy atom. The molecule has 8 nitrogen and oxygen atoms in total. The van der Waals surface area contributed by atoms with Gasteiger partial charge in [-0.3, -0.25) is 10.1 Å². The van der Waals surface area contributed by atoms with E-state index < -0.39 is 11.0 Å². The Kier molecular flexibility index (Phi) is 5.40. The Morgan fingerprint density at radius 3 is 2.82 bits per heavy atom. The third-order valence-corrected chi connectivity index (χ3v) is 3.00. The van der Waals surface area contributed by atoms with E-state index in [0.717, 1.165) is 0 Å². The van der Waals surface area contributed by atoms with Crippen LogP contribution >= 0.6 is 0 Å². The third-order valence-electron chi connectivity index (χ3n) is 3.00. The monoisotopic (exact) mass is 312 g/mol. The standard InChI is InChI=1S/C14H20N2O6/c1-9(2)15-7-11(17)8-22-13-6-10(16(18)19)5-12-14(13)21-4-3-20-12/h5-6,9,11,15,17H,3-4,7-8H2,1-2H3/t11-/m0/s1. The van der Waals surface area contributed by atoms with Crippen molar-refractivity contribution in [3.8, 4) is 17.2 Å². The van der Waals surface area contributed by atoms with E-state index in [0.29, 0.717) is 25.5 Å². The van der Waals surface area contributed by atoms with Crippen LogP contribution in [0.3, 0.4) is 0 Å². The van der Waals surface area contributed by atoms with Gasteiger partial charge < -0.3 is 24.6 Å². The highest BCUT2D eigenvalue weighted by Crippen LogP contribution is 2.42. The number of benzene rings is 1. The van der Waals surface area contributed by atoms with E-state index >= 15 is 0 Å². The van der Waals surface area contributed by atoms with Crippen molar-refractivity contribution < 1.29 is 24.2 Å². The fourth-order valence-corrected chi connectivity index (χ4v) is 1.94. The topological polar surface area (TPSA) is 103 Å². The molecular formula is C14H20N2O6. The zero-order valence-corrected chi connectivity index (χ0v) is 12.6. The Hall–Kier alpha value is -2.06. The number of hydrogen-bond acceptors (Lipinski definition) is 7. The lowest BCUT2D eigenvalue weighted by molar-refractivity contribution is -0.385. The Balaban J connectivity index is 2.08. The summed E-state index contributed by atoms with van der Waals surface area (Å²) < 4.78 is 16.3. The SMILES string of the molecule is CC(C)NC[C@H](O)COc1cc([N+](=O)[O-])cc2c1OCCO2. The van der Waals surface area contributed by atoms with Gasteiger partial charge in [0.1, 0.15) is 25.9 Å². The lowest BCUT2D eigenvalue weighted by atomic mass is 10.2. The molecule has 22 heavy (non-hydrogen) atoms. The molecule has 2 rings (SSSR count). The van der Waals surface area contributed by atoms with Gasteiger partial charge in [0, 0.05) is 12.6 Å². The summed E-state index contributed by atoms with van der Waals surface area (Å²) in [6, 6.07) is 2.82. The molecule has 2 N–H and O–H groups in total. The number of hydrogen-bond donors (Lipinski definition) is 2. The van der Waals surface area contributed by atoms with Crippen molar-refractivity contribution in [2.75, 3.05) is 26.4 Å². The number of ether oxygens (including phenoxy) is 3. The van der Waals surface area contributed by atoms with Gasteiger partial charge in [0.05, 0.1) is 17.1 Å². The second kappa shape index (κ2) is 7.28. The molecule has 0 saturated carbocycles. The molecule has 0 spiro atoms. The van der Waals surface area contributed by atoms with Gasteiger partial charge in [-0.15, -0.1) is 0 Å². The fourth-order valence-electron chi connectivity index (χ4n) is 1.94. The van der Waals surface area contributed by atoms with Crippen molar-refractivity contribution in [1.82, 2.24) is 5.32 Å². The molecule has 1 aromatic rings. The van der Waals surface area contributed by atoms with Crippen LogP contribution in [0, 0.1) is 10.1 Å². The van der Waals surface area contributed by atoms with Crippen molar-refractivity contribution in [3.63, 3.8) is 0 Å². The molecule has 0 aromatic heterocycles. The molecule has 0 bridgehead atoms. The molecule has 0 aliphatic carbocycles. The maximum Gasteiger partial charge on any atom is 0.277 e. The van der Waals surface area contributed by atoms with E-state index in [9.17, 15) is 15.2 Å². The predicted octanol–water partition coefficient (Wildman–Crippen LogP) is 1.10. The van der Waals surface area contributed by atoms with Gasteiger partial charge in [0.25, 0.3) is 5.69 Å². The van der Waals surface area contributed by atoms with Crippen LogP contribution in [0.15, 0.2) is 12.1 Å².